The maximum absolute atomic E-state index is 12.5. The molecule has 26 heavy (non-hydrogen) atoms. The van der Waals surface area contributed by atoms with Crippen molar-refractivity contribution in [3.8, 4) is 0 Å². The van der Waals surface area contributed by atoms with Crippen LogP contribution in [0, 0.1) is 0 Å². The van der Waals surface area contributed by atoms with Crippen LogP contribution in [0.15, 0.2) is 30.3 Å². The lowest BCUT2D eigenvalue weighted by atomic mass is 10.2. The number of carbonyl (C=O) groups is 1. The molecule has 0 saturated carbocycles. The minimum absolute atomic E-state index is 0.176. The van der Waals surface area contributed by atoms with Gasteiger partial charge in [-0.3, -0.25) is 9.00 Å². The van der Waals surface area contributed by atoms with Crippen LogP contribution >= 0.6 is 23.2 Å². The first kappa shape index (κ1) is 19.4. The summed E-state index contributed by atoms with van der Waals surface area (Å²) in [4.78, 5) is 12.5. The normalized spacial score (nSPS) is 16.4. The number of nitrogens with one attached hydrogen (secondary N) is 1. The Morgan fingerprint density at radius 1 is 1.31 bits per heavy atom. The number of aromatic nitrogens is 1. The Hall–Kier alpha value is -1.34. The molecule has 0 spiro atoms. The Kier molecular flexibility index (Phi) is 6.40. The van der Waals surface area contributed by atoms with Crippen LogP contribution in [0.5, 0.6) is 0 Å². The first-order valence-corrected chi connectivity index (χ1v) is 10.5. The fourth-order valence-electron chi connectivity index (χ4n) is 2.92. The van der Waals surface area contributed by atoms with Gasteiger partial charge in [0.05, 0.1) is 5.02 Å². The van der Waals surface area contributed by atoms with Gasteiger partial charge in [-0.05, 0) is 36.6 Å². The minimum atomic E-state index is -0.950. The molecule has 1 fully saturated rings. The third-order valence-electron chi connectivity index (χ3n) is 4.38. The van der Waals surface area contributed by atoms with Gasteiger partial charge in [0.2, 0.25) is 0 Å². The molecule has 1 amide bonds. The summed E-state index contributed by atoms with van der Waals surface area (Å²) in [5.41, 5.74) is 1.94. The molecule has 2 heterocycles. The molecule has 5 nitrogen and oxygen atoms in total. The van der Waals surface area contributed by atoms with E-state index in [1.54, 1.807) is 13.1 Å². The fraction of sp³-hybridized carbons (Fsp3) is 0.389. The van der Waals surface area contributed by atoms with Crippen molar-refractivity contribution in [3.05, 3.63) is 51.8 Å². The highest BCUT2D eigenvalue weighted by molar-refractivity contribution is 7.84. The number of hydrogen-bond acceptors (Lipinski definition) is 3. The van der Waals surface area contributed by atoms with E-state index in [1.807, 2.05) is 18.2 Å². The molecule has 3 rings (SSSR count). The molecular weight excluding hydrogens is 395 g/mol. The van der Waals surface area contributed by atoms with Crippen molar-refractivity contribution in [2.75, 3.05) is 18.5 Å². The molecule has 0 radical (unpaired) electrons. The van der Waals surface area contributed by atoms with Gasteiger partial charge in [-0.15, -0.1) is 0 Å². The summed E-state index contributed by atoms with van der Waals surface area (Å²) >= 11 is 12.0. The van der Waals surface area contributed by atoms with Crippen molar-refractivity contribution in [1.82, 2.24) is 4.57 Å². The second kappa shape index (κ2) is 8.57. The van der Waals surface area contributed by atoms with E-state index in [1.165, 1.54) is 10.6 Å². The lowest BCUT2D eigenvalue weighted by Gasteiger charge is -2.21. The number of halogens is 2. The molecule has 1 aromatic carbocycles. The van der Waals surface area contributed by atoms with Crippen molar-refractivity contribution < 1.29 is 13.7 Å². The summed E-state index contributed by atoms with van der Waals surface area (Å²) in [6, 6.07) is 8.94. The maximum atomic E-state index is 12.5. The predicted octanol–water partition coefficient (Wildman–Crippen LogP) is 4.01. The highest BCUT2D eigenvalue weighted by Gasteiger charge is 2.20. The Bertz CT molecular complexity index is 832. The van der Waals surface area contributed by atoms with Gasteiger partial charge in [0.15, 0.2) is 0 Å². The zero-order valence-corrected chi connectivity index (χ0v) is 16.7. The van der Waals surface area contributed by atoms with E-state index in [0.717, 1.165) is 18.4 Å². The van der Waals surface area contributed by atoms with Crippen LogP contribution in [0.3, 0.4) is 0 Å². The maximum Gasteiger partial charge on any atom is 0.272 e. The SMILES string of the molecule is Cn1c(C(=O)Nc2cccc(CS(=O)C3CCOCC3)c2)cc(Cl)c1Cl. The average Bonchev–Trinajstić information content (AvgIpc) is 2.90. The van der Waals surface area contributed by atoms with Crippen LogP contribution in [0.2, 0.25) is 10.2 Å². The number of hydrogen-bond donors (Lipinski definition) is 1. The third-order valence-corrected chi connectivity index (χ3v) is 7.06. The number of benzene rings is 1. The number of ether oxygens (including phenoxy) is 1. The van der Waals surface area contributed by atoms with E-state index in [0.29, 0.717) is 40.5 Å². The number of anilines is 1. The summed E-state index contributed by atoms with van der Waals surface area (Å²) in [6.07, 6.45) is 1.66. The number of rotatable bonds is 5. The van der Waals surface area contributed by atoms with Crippen molar-refractivity contribution >= 4 is 45.6 Å². The van der Waals surface area contributed by atoms with Gasteiger partial charge in [-0.25, -0.2) is 0 Å². The Morgan fingerprint density at radius 3 is 2.69 bits per heavy atom. The van der Waals surface area contributed by atoms with Crippen LogP contribution < -0.4 is 5.32 Å². The lowest BCUT2D eigenvalue weighted by Crippen LogP contribution is -2.25. The quantitative estimate of drug-likeness (QED) is 0.803. The van der Waals surface area contributed by atoms with Crippen LogP contribution in [0.25, 0.3) is 0 Å². The highest BCUT2D eigenvalue weighted by atomic mass is 35.5. The second-order valence-corrected chi connectivity index (χ2v) is 8.70. The molecule has 8 heteroatoms. The monoisotopic (exact) mass is 414 g/mol. The van der Waals surface area contributed by atoms with Gasteiger partial charge < -0.3 is 14.6 Å². The molecule has 1 saturated heterocycles. The summed E-state index contributed by atoms with van der Waals surface area (Å²) < 4.78 is 19.4. The average molecular weight is 415 g/mol. The van der Waals surface area contributed by atoms with Gasteiger partial charge in [0, 0.05) is 47.8 Å². The molecule has 2 aromatic rings. The van der Waals surface area contributed by atoms with Crippen molar-refractivity contribution in [1.29, 1.82) is 0 Å². The molecule has 1 atom stereocenters. The summed E-state index contributed by atoms with van der Waals surface area (Å²) in [6.45, 7) is 1.35. The molecule has 1 aliphatic rings. The largest absolute Gasteiger partial charge is 0.381 e. The predicted molar refractivity (Wildman–Crippen MR) is 106 cm³/mol. The van der Waals surface area contributed by atoms with Gasteiger partial charge in [0.1, 0.15) is 10.8 Å². The number of carbonyl (C=O) groups excluding carboxylic acids is 1. The van der Waals surface area contributed by atoms with E-state index in [9.17, 15) is 9.00 Å². The molecule has 1 aliphatic heterocycles. The summed E-state index contributed by atoms with van der Waals surface area (Å²) in [5, 5.41) is 3.66. The van der Waals surface area contributed by atoms with Crippen molar-refractivity contribution in [3.63, 3.8) is 0 Å². The van der Waals surface area contributed by atoms with Crippen molar-refractivity contribution in [2.45, 2.75) is 23.8 Å². The van der Waals surface area contributed by atoms with Crippen LogP contribution in [-0.2, 0) is 28.3 Å². The third kappa shape index (κ3) is 4.49. The van der Waals surface area contributed by atoms with Crippen LogP contribution in [-0.4, -0.2) is 33.1 Å². The molecule has 1 aromatic heterocycles. The number of nitrogens with zero attached hydrogens (tertiary/aromatic N) is 1. The van der Waals surface area contributed by atoms with E-state index in [-0.39, 0.29) is 11.2 Å². The van der Waals surface area contributed by atoms with E-state index < -0.39 is 10.8 Å². The standard InChI is InChI=1S/C18H20Cl2N2O3S/c1-22-16(10-15(19)17(22)20)18(23)21-13-4-2-3-12(9-13)11-26(24)14-5-7-25-8-6-14/h2-4,9-10,14H,5-8,11H2,1H3,(H,21,23). The number of amides is 1. The van der Waals surface area contributed by atoms with Gasteiger partial charge in [-0.1, -0.05) is 35.3 Å². The van der Waals surface area contributed by atoms with Gasteiger partial charge >= 0.3 is 0 Å². The van der Waals surface area contributed by atoms with Crippen LogP contribution in [0.4, 0.5) is 5.69 Å². The molecule has 140 valence electrons. The van der Waals surface area contributed by atoms with Gasteiger partial charge in [0.25, 0.3) is 5.91 Å². The summed E-state index contributed by atoms with van der Waals surface area (Å²) in [5.74, 6) is 0.167. The molecule has 0 bridgehead atoms. The molecule has 1 unspecified atom stereocenters. The zero-order valence-electron chi connectivity index (χ0n) is 14.3. The fourth-order valence-corrected chi connectivity index (χ4v) is 4.75. The Balaban J connectivity index is 1.68. The van der Waals surface area contributed by atoms with E-state index >= 15 is 0 Å². The zero-order chi connectivity index (χ0) is 18.7. The minimum Gasteiger partial charge on any atom is -0.381 e. The molecule has 0 aliphatic carbocycles. The van der Waals surface area contributed by atoms with E-state index in [2.05, 4.69) is 5.32 Å². The first-order valence-electron chi connectivity index (χ1n) is 8.31. The lowest BCUT2D eigenvalue weighted by molar-refractivity contribution is 0.0991. The Labute approximate surface area is 165 Å². The first-order chi connectivity index (χ1) is 12.5. The summed E-state index contributed by atoms with van der Waals surface area (Å²) in [7, 11) is 0.728. The van der Waals surface area contributed by atoms with Crippen molar-refractivity contribution in [2.24, 2.45) is 7.05 Å². The van der Waals surface area contributed by atoms with E-state index in [4.69, 9.17) is 27.9 Å². The topological polar surface area (TPSA) is 60.3 Å². The second-order valence-electron chi connectivity index (χ2n) is 6.22. The molecular formula is C18H20Cl2N2O3S. The van der Waals surface area contributed by atoms with Crippen LogP contribution in [0.1, 0.15) is 28.9 Å². The highest BCUT2D eigenvalue weighted by Crippen LogP contribution is 2.26. The molecule has 1 N–H and O–H groups in total. The van der Waals surface area contributed by atoms with Gasteiger partial charge in [-0.2, -0.15) is 0 Å². The Morgan fingerprint density at radius 2 is 2.04 bits per heavy atom. The smallest absolute Gasteiger partial charge is 0.272 e.